The Kier molecular flexibility index (Phi) is 37.2. The molecule has 0 amide bonds. The molecule has 0 rings (SSSR count). The molecule has 0 aromatic rings. The first-order valence-corrected chi connectivity index (χ1v) is 21.9. The van der Waals surface area contributed by atoms with E-state index >= 15 is 0 Å². The highest BCUT2D eigenvalue weighted by molar-refractivity contribution is 8.62. The van der Waals surface area contributed by atoms with E-state index in [4.69, 9.17) is 13.8 Å². The van der Waals surface area contributed by atoms with E-state index < -0.39 is 18.3 Å². The third kappa shape index (κ3) is 41.2. The lowest BCUT2D eigenvalue weighted by Gasteiger charge is -2.05. The van der Waals surface area contributed by atoms with Crippen LogP contribution in [-0.2, 0) is 23.0 Å². The van der Waals surface area contributed by atoms with Crippen LogP contribution in [0.1, 0.15) is 194 Å². The Balaban J connectivity index is 0. The molecular weight excluding hydrogens is 609 g/mol. The van der Waals surface area contributed by atoms with Crippen LogP contribution in [0.15, 0.2) is 24.3 Å². The van der Waals surface area contributed by atoms with Gasteiger partial charge in [0.15, 0.2) is 0 Å². The van der Waals surface area contributed by atoms with Crippen LogP contribution in [0.25, 0.3) is 0 Å². The van der Waals surface area contributed by atoms with E-state index in [-0.39, 0.29) is 0 Å². The molecule has 7 nitrogen and oxygen atoms in total. The second-order valence-electron chi connectivity index (χ2n) is 12.3. The van der Waals surface area contributed by atoms with Crippen molar-refractivity contribution in [3.63, 3.8) is 0 Å². The highest BCUT2D eigenvalue weighted by atomic mass is 33.2. The van der Waals surface area contributed by atoms with Crippen molar-refractivity contribution in [1.82, 2.24) is 0 Å². The maximum Gasteiger partial charge on any atom is 0.397 e. The first kappa shape index (κ1) is 46.4. The molecule has 0 aliphatic rings. The Bertz CT molecular complexity index is 783. The molecule has 0 aliphatic carbocycles. The molecule has 0 aliphatic heterocycles. The predicted molar refractivity (Wildman–Crippen MR) is 193 cm³/mol. The van der Waals surface area contributed by atoms with Crippen LogP contribution in [0, 0.1) is 0 Å². The smallest absolute Gasteiger partial charge is 0.381 e. The summed E-state index contributed by atoms with van der Waals surface area (Å²) in [5.74, 6) is 0. The molecule has 0 fully saturated rings. The molecular formula is C36H72O7S2. The monoisotopic (exact) mass is 680 g/mol. The van der Waals surface area contributed by atoms with Gasteiger partial charge in [-0.2, -0.15) is 16.8 Å². The summed E-state index contributed by atoms with van der Waals surface area (Å²) in [4.78, 5) is 0. The molecule has 0 atom stereocenters. The van der Waals surface area contributed by atoms with Crippen LogP contribution in [-0.4, -0.2) is 39.2 Å². The van der Waals surface area contributed by atoms with E-state index in [0.29, 0.717) is 0 Å². The zero-order valence-electron chi connectivity index (χ0n) is 29.3. The van der Waals surface area contributed by atoms with Crippen molar-refractivity contribution in [2.45, 2.75) is 194 Å². The van der Waals surface area contributed by atoms with Gasteiger partial charge in [-0.3, -0.25) is 9.11 Å². The van der Waals surface area contributed by atoms with Gasteiger partial charge in [-0.25, -0.2) is 0 Å². The molecule has 0 unspecified atom stereocenters. The molecule has 2 N–H and O–H groups in total. The Morgan fingerprint density at radius 1 is 0.378 bits per heavy atom. The number of hydrogen-bond donors (Lipinski definition) is 2. The summed E-state index contributed by atoms with van der Waals surface area (Å²) in [6, 6.07) is 0. The maximum absolute atomic E-state index is 9.37. The minimum atomic E-state index is -5.31. The molecule has 45 heavy (non-hydrogen) atoms. The Morgan fingerprint density at radius 3 is 0.844 bits per heavy atom. The SMILES string of the molecule is CCCCCCCC/C=C\CCCCCCCCOCCCCCCCC/C=C\CCCCCCCC.O=S(=O)(O)S(=O)(=O)O. The van der Waals surface area contributed by atoms with Crippen molar-refractivity contribution in [3.05, 3.63) is 24.3 Å². The van der Waals surface area contributed by atoms with Crippen molar-refractivity contribution in [2.24, 2.45) is 0 Å². The Morgan fingerprint density at radius 2 is 0.600 bits per heavy atom. The molecule has 270 valence electrons. The molecule has 0 saturated carbocycles. The topological polar surface area (TPSA) is 118 Å². The van der Waals surface area contributed by atoms with E-state index in [1.54, 1.807) is 0 Å². The van der Waals surface area contributed by atoms with Crippen molar-refractivity contribution in [3.8, 4) is 0 Å². The Hall–Kier alpha value is -0.740. The van der Waals surface area contributed by atoms with Gasteiger partial charge in [0.2, 0.25) is 0 Å². The van der Waals surface area contributed by atoms with Crippen molar-refractivity contribution >= 4 is 18.3 Å². The minimum absolute atomic E-state index is 0.978. The van der Waals surface area contributed by atoms with Crippen molar-refractivity contribution in [1.29, 1.82) is 0 Å². The number of unbranched alkanes of at least 4 members (excludes halogenated alkanes) is 24. The lowest BCUT2D eigenvalue weighted by Crippen LogP contribution is -2.11. The van der Waals surface area contributed by atoms with Crippen LogP contribution in [0.4, 0.5) is 0 Å². The van der Waals surface area contributed by atoms with E-state index in [2.05, 4.69) is 38.2 Å². The van der Waals surface area contributed by atoms with Gasteiger partial charge in [0.1, 0.15) is 0 Å². The fourth-order valence-corrected chi connectivity index (χ4v) is 5.01. The van der Waals surface area contributed by atoms with Crippen molar-refractivity contribution in [2.75, 3.05) is 13.2 Å². The summed E-state index contributed by atoms with van der Waals surface area (Å²) < 4.78 is 58.3. The summed E-state index contributed by atoms with van der Waals surface area (Å²) in [6.07, 6.45) is 48.1. The van der Waals surface area contributed by atoms with E-state index in [0.717, 1.165) is 13.2 Å². The van der Waals surface area contributed by atoms with Gasteiger partial charge in [0.05, 0.1) is 0 Å². The number of ether oxygens (including phenoxy) is 1. The quantitative estimate of drug-likeness (QED) is 0.0306. The van der Waals surface area contributed by atoms with Gasteiger partial charge in [0.25, 0.3) is 0 Å². The summed E-state index contributed by atoms with van der Waals surface area (Å²) in [6.45, 7) is 6.54. The highest BCUT2D eigenvalue weighted by Gasteiger charge is 2.22. The summed E-state index contributed by atoms with van der Waals surface area (Å²) in [5.41, 5.74) is 0. The van der Waals surface area contributed by atoms with Crippen LogP contribution in [0.2, 0.25) is 0 Å². The lowest BCUT2D eigenvalue weighted by atomic mass is 10.1. The molecule has 0 aromatic heterocycles. The van der Waals surface area contributed by atoms with Gasteiger partial charge in [-0.1, -0.05) is 154 Å². The molecule has 0 bridgehead atoms. The lowest BCUT2D eigenvalue weighted by molar-refractivity contribution is 0.125. The second-order valence-corrected chi connectivity index (χ2v) is 16.6. The van der Waals surface area contributed by atoms with Gasteiger partial charge < -0.3 is 4.74 Å². The number of hydrogen-bond acceptors (Lipinski definition) is 5. The third-order valence-corrected chi connectivity index (χ3v) is 10.00. The van der Waals surface area contributed by atoms with Gasteiger partial charge in [-0.05, 0) is 64.2 Å². The van der Waals surface area contributed by atoms with E-state index in [1.165, 1.54) is 180 Å². The minimum Gasteiger partial charge on any atom is -0.381 e. The predicted octanol–water partition coefficient (Wildman–Crippen LogP) is 11.8. The number of rotatable bonds is 33. The Labute approximate surface area is 279 Å². The zero-order valence-corrected chi connectivity index (χ0v) is 30.9. The van der Waals surface area contributed by atoms with Gasteiger partial charge >= 0.3 is 18.3 Å². The van der Waals surface area contributed by atoms with Crippen LogP contribution >= 0.6 is 0 Å². The molecule has 0 saturated heterocycles. The summed E-state index contributed by atoms with van der Waals surface area (Å²) >= 11 is 0. The normalized spacial score (nSPS) is 12.3. The van der Waals surface area contributed by atoms with Crippen LogP contribution in [0.3, 0.4) is 0 Å². The summed E-state index contributed by atoms with van der Waals surface area (Å²) in [5, 5.41) is 0. The highest BCUT2D eigenvalue weighted by Crippen LogP contribution is 2.12. The van der Waals surface area contributed by atoms with Gasteiger partial charge in [0, 0.05) is 13.2 Å². The summed E-state index contributed by atoms with van der Waals surface area (Å²) in [7, 11) is -10.6. The largest absolute Gasteiger partial charge is 0.397 e. The second kappa shape index (κ2) is 36.1. The molecule has 0 heterocycles. The average Bonchev–Trinajstić information content (AvgIpc) is 2.99. The van der Waals surface area contributed by atoms with Crippen LogP contribution in [0.5, 0.6) is 0 Å². The standard InChI is InChI=1S/C36H70O.H2O6S2/c1-3-5-7-9-11-13-15-17-19-21-23-25-27-29-31-33-35-37-36-34-32-30-28-26-24-22-20-18-16-14-12-10-8-6-4-2;1-7(2,3)8(4,5)6/h17-20H,3-16,21-36H2,1-2H3;(H,1,2,3)(H,4,5,6)/b19-17-,20-18-;. The van der Waals surface area contributed by atoms with E-state index in [1.807, 2.05) is 0 Å². The molecule has 0 aromatic carbocycles. The first-order chi connectivity index (χ1) is 21.7. The van der Waals surface area contributed by atoms with Crippen LogP contribution < -0.4 is 0 Å². The molecule has 0 radical (unpaired) electrons. The zero-order chi connectivity index (χ0) is 33.7. The fraction of sp³-hybridized carbons (Fsp3) is 0.889. The molecule has 0 spiro atoms. The van der Waals surface area contributed by atoms with E-state index in [9.17, 15) is 16.8 Å². The average molecular weight is 681 g/mol. The number of allylic oxidation sites excluding steroid dienone is 4. The maximum atomic E-state index is 9.37. The van der Waals surface area contributed by atoms with Crippen molar-refractivity contribution < 1.29 is 30.7 Å². The van der Waals surface area contributed by atoms with Gasteiger partial charge in [-0.15, -0.1) is 0 Å². The fourth-order valence-electron chi connectivity index (χ4n) is 5.01. The first-order valence-electron chi connectivity index (χ1n) is 18.5. The third-order valence-electron chi connectivity index (χ3n) is 7.87. The molecule has 9 heteroatoms.